The van der Waals surface area contributed by atoms with Crippen LogP contribution in [0.3, 0.4) is 0 Å². The minimum Gasteiger partial charge on any atom is -0.486 e. The molecule has 0 fully saturated rings. The Kier molecular flexibility index (Phi) is 4.93. The van der Waals surface area contributed by atoms with E-state index in [0.717, 1.165) is 18.5 Å². The van der Waals surface area contributed by atoms with Crippen LogP contribution >= 0.6 is 0 Å². The van der Waals surface area contributed by atoms with Crippen molar-refractivity contribution in [3.8, 4) is 5.75 Å². The molecule has 1 N–H and O–H groups in total. The van der Waals surface area contributed by atoms with E-state index in [0.29, 0.717) is 5.75 Å². The second kappa shape index (κ2) is 6.90. The minimum atomic E-state index is -0.280. The van der Waals surface area contributed by atoms with E-state index < -0.39 is 0 Å². The van der Waals surface area contributed by atoms with Gasteiger partial charge in [0.2, 0.25) is 0 Å². The van der Waals surface area contributed by atoms with Gasteiger partial charge < -0.3 is 10.1 Å². The van der Waals surface area contributed by atoms with Crippen LogP contribution in [0.15, 0.2) is 54.6 Å². The Morgan fingerprint density at radius 2 is 1.89 bits per heavy atom. The lowest BCUT2D eigenvalue weighted by atomic mass is 10.1. The summed E-state index contributed by atoms with van der Waals surface area (Å²) in [6, 6.07) is 16.3. The van der Waals surface area contributed by atoms with Crippen LogP contribution in [0, 0.1) is 5.82 Å². The molecule has 0 saturated carbocycles. The highest BCUT2D eigenvalue weighted by molar-refractivity contribution is 5.25. The molecule has 0 heterocycles. The molecule has 100 valence electrons. The van der Waals surface area contributed by atoms with Crippen LogP contribution in [0.25, 0.3) is 0 Å². The molecule has 19 heavy (non-hydrogen) atoms. The average molecular weight is 259 g/mol. The fourth-order valence-electron chi connectivity index (χ4n) is 1.94. The zero-order chi connectivity index (χ0) is 13.5. The normalized spacial score (nSPS) is 12.1. The molecular formula is C16H18FNO. The topological polar surface area (TPSA) is 21.3 Å². The zero-order valence-corrected chi connectivity index (χ0v) is 11.0. The van der Waals surface area contributed by atoms with Crippen molar-refractivity contribution in [1.82, 2.24) is 5.32 Å². The van der Waals surface area contributed by atoms with E-state index in [1.165, 1.54) is 12.1 Å². The SMILES string of the molecule is CNCC[C@@H](Oc1cccc(F)c1)c1ccccc1. The molecule has 0 aliphatic heterocycles. The summed E-state index contributed by atoms with van der Waals surface area (Å²) in [7, 11) is 1.91. The molecule has 0 spiro atoms. The van der Waals surface area contributed by atoms with Gasteiger partial charge in [-0.2, -0.15) is 0 Å². The van der Waals surface area contributed by atoms with E-state index in [1.807, 2.05) is 37.4 Å². The number of nitrogens with one attached hydrogen (secondary N) is 1. The van der Waals surface area contributed by atoms with Crippen molar-refractivity contribution in [2.45, 2.75) is 12.5 Å². The summed E-state index contributed by atoms with van der Waals surface area (Å²) in [6.07, 6.45) is 0.757. The standard InChI is InChI=1S/C16H18FNO/c1-18-11-10-16(13-6-3-2-4-7-13)19-15-9-5-8-14(17)12-15/h2-9,12,16,18H,10-11H2,1H3/t16-/m1/s1. The highest BCUT2D eigenvalue weighted by atomic mass is 19.1. The van der Waals surface area contributed by atoms with Crippen LogP contribution in [-0.4, -0.2) is 13.6 Å². The van der Waals surface area contributed by atoms with Crippen LogP contribution in [0.2, 0.25) is 0 Å². The zero-order valence-electron chi connectivity index (χ0n) is 11.0. The average Bonchev–Trinajstić information content (AvgIpc) is 2.44. The van der Waals surface area contributed by atoms with Crippen molar-refractivity contribution in [2.75, 3.05) is 13.6 Å². The summed E-state index contributed by atoms with van der Waals surface area (Å²) in [4.78, 5) is 0. The molecule has 3 heteroatoms. The maximum atomic E-state index is 13.2. The van der Waals surface area contributed by atoms with Gasteiger partial charge >= 0.3 is 0 Å². The van der Waals surface area contributed by atoms with Crippen LogP contribution in [0.5, 0.6) is 5.75 Å². The van der Waals surface area contributed by atoms with E-state index in [2.05, 4.69) is 5.32 Å². The van der Waals surface area contributed by atoms with Crippen molar-refractivity contribution < 1.29 is 9.13 Å². The van der Waals surface area contributed by atoms with Gasteiger partial charge in [0.25, 0.3) is 0 Å². The molecule has 2 aromatic carbocycles. The number of halogens is 1. The summed E-state index contributed by atoms with van der Waals surface area (Å²) >= 11 is 0. The van der Waals surface area contributed by atoms with Gasteiger partial charge in [0, 0.05) is 12.5 Å². The van der Waals surface area contributed by atoms with Crippen LogP contribution in [-0.2, 0) is 0 Å². The smallest absolute Gasteiger partial charge is 0.126 e. The first-order valence-electron chi connectivity index (χ1n) is 6.41. The monoisotopic (exact) mass is 259 g/mol. The fourth-order valence-corrected chi connectivity index (χ4v) is 1.94. The van der Waals surface area contributed by atoms with Crippen molar-refractivity contribution in [1.29, 1.82) is 0 Å². The van der Waals surface area contributed by atoms with Crippen molar-refractivity contribution in [3.05, 3.63) is 66.0 Å². The Morgan fingerprint density at radius 1 is 1.11 bits per heavy atom. The van der Waals surface area contributed by atoms with Gasteiger partial charge in [0.1, 0.15) is 17.7 Å². The minimum absolute atomic E-state index is 0.0737. The van der Waals surface area contributed by atoms with Crippen molar-refractivity contribution in [3.63, 3.8) is 0 Å². The van der Waals surface area contributed by atoms with Crippen molar-refractivity contribution >= 4 is 0 Å². The molecule has 0 radical (unpaired) electrons. The first-order chi connectivity index (χ1) is 9.29. The molecular weight excluding hydrogens is 241 g/mol. The second-order valence-corrected chi connectivity index (χ2v) is 4.37. The maximum Gasteiger partial charge on any atom is 0.126 e. The molecule has 0 unspecified atom stereocenters. The molecule has 2 aromatic rings. The first kappa shape index (κ1) is 13.6. The Labute approximate surface area is 113 Å². The third-order valence-corrected chi connectivity index (χ3v) is 2.90. The molecule has 0 aliphatic carbocycles. The summed E-state index contributed by atoms with van der Waals surface area (Å²) in [5, 5.41) is 3.11. The Bertz CT molecular complexity index is 501. The second-order valence-electron chi connectivity index (χ2n) is 4.37. The van der Waals surface area contributed by atoms with Gasteiger partial charge in [0.05, 0.1) is 0 Å². The Hall–Kier alpha value is -1.87. The third-order valence-electron chi connectivity index (χ3n) is 2.90. The highest BCUT2D eigenvalue weighted by Gasteiger charge is 2.12. The number of hydrogen-bond acceptors (Lipinski definition) is 2. The lowest BCUT2D eigenvalue weighted by molar-refractivity contribution is 0.194. The van der Waals surface area contributed by atoms with Gasteiger partial charge in [0.15, 0.2) is 0 Å². The molecule has 1 atom stereocenters. The number of benzene rings is 2. The van der Waals surface area contributed by atoms with E-state index in [1.54, 1.807) is 12.1 Å². The third kappa shape index (κ3) is 4.07. The number of rotatable bonds is 6. The van der Waals surface area contributed by atoms with Crippen LogP contribution in [0.1, 0.15) is 18.1 Å². The van der Waals surface area contributed by atoms with Crippen LogP contribution in [0.4, 0.5) is 4.39 Å². The van der Waals surface area contributed by atoms with Gasteiger partial charge in [-0.3, -0.25) is 0 Å². The van der Waals surface area contributed by atoms with Gasteiger partial charge in [-0.1, -0.05) is 36.4 Å². The summed E-state index contributed by atoms with van der Waals surface area (Å²) in [5.74, 6) is 0.280. The quantitative estimate of drug-likeness (QED) is 0.856. The van der Waals surface area contributed by atoms with Gasteiger partial charge in [-0.05, 0) is 31.3 Å². The first-order valence-corrected chi connectivity index (χ1v) is 6.41. The molecule has 0 saturated heterocycles. The summed E-state index contributed by atoms with van der Waals surface area (Å²) < 4.78 is 19.1. The number of ether oxygens (including phenoxy) is 1. The van der Waals surface area contributed by atoms with E-state index >= 15 is 0 Å². The Morgan fingerprint density at radius 3 is 2.58 bits per heavy atom. The van der Waals surface area contributed by atoms with E-state index in [4.69, 9.17) is 4.74 Å². The van der Waals surface area contributed by atoms with Gasteiger partial charge in [-0.25, -0.2) is 4.39 Å². The molecule has 0 bridgehead atoms. The number of hydrogen-bond donors (Lipinski definition) is 1. The van der Waals surface area contributed by atoms with Crippen molar-refractivity contribution in [2.24, 2.45) is 0 Å². The predicted octanol–water partition coefficient (Wildman–Crippen LogP) is 3.56. The molecule has 2 rings (SSSR count). The van der Waals surface area contributed by atoms with Crippen LogP contribution < -0.4 is 10.1 Å². The fraction of sp³-hybridized carbons (Fsp3) is 0.250. The lowest BCUT2D eigenvalue weighted by Gasteiger charge is -2.19. The molecule has 0 aromatic heterocycles. The lowest BCUT2D eigenvalue weighted by Crippen LogP contribution is -2.16. The molecule has 0 amide bonds. The van der Waals surface area contributed by atoms with E-state index in [-0.39, 0.29) is 11.9 Å². The largest absolute Gasteiger partial charge is 0.486 e. The summed E-state index contributed by atoms with van der Waals surface area (Å²) in [6.45, 7) is 0.842. The highest BCUT2D eigenvalue weighted by Crippen LogP contribution is 2.24. The van der Waals surface area contributed by atoms with Gasteiger partial charge in [-0.15, -0.1) is 0 Å². The summed E-state index contributed by atoms with van der Waals surface area (Å²) in [5.41, 5.74) is 1.10. The van der Waals surface area contributed by atoms with E-state index in [9.17, 15) is 4.39 Å². The molecule has 2 nitrogen and oxygen atoms in total. The molecule has 0 aliphatic rings. The predicted molar refractivity (Wildman–Crippen MR) is 74.8 cm³/mol. The maximum absolute atomic E-state index is 13.2. The Balaban J connectivity index is 2.14.